The number of benzene rings is 2. The summed E-state index contributed by atoms with van der Waals surface area (Å²) in [6.07, 6.45) is 0. The average molecular weight is 387 g/mol. The van der Waals surface area contributed by atoms with Gasteiger partial charge in [0, 0.05) is 14.1 Å². The second-order valence-electron chi connectivity index (χ2n) is 6.19. The Morgan fingerprint density at radius 2 is 1.70 bits per heavy atom. The van der Waals surface area contributed by atoms with E-state index in [2.05, 4.69) is 5.32 Å². The molecule has 0 fully saturated rings. The van der Waals surface area contributed by atoms with Crippen LogP contribution in [-0.4, -0.2) is 39.4 Å². The molecule has 0 aliphatic rings. The molecule has 0 atom stereocenters. The number of hydrogen-bond acceptors (Lipinski definition) is 3. The highest BCUT2D eigenvalue weighted by atomic mass is 35.5. The van der Waals surface area contributed by atoms with Crippen LogP contribution < -0.4 is 11.0 Å². The number of nitrogens with one attached hydrogen (secondary N) is 1. The number of rotatable bonds is 5. The fourth-order valence-electron chi connectivity index (χ4n) is 2.83. The van der Waals surface area contributed by atoms with Gasteiger partial charge in [-0.2, -0.15) is 0 Å². The van der Waals surface area contributed by atoms with Crippen LogP contribution in [0.3, 0.4) is 0 Å². The summed E-state index contributed by atoms with van der Waals surface area (Å²) < 4.78 is 2.90. The van der Waals surface area contributed by atoms with Gasteiger partial charge in [-0.3, -0.25) is 18.7 Å². The lowest BCUT2D eigenvalue weighted by atomic mass is 10.3. The molecule has 3 rings (SSSR count). The molecule has 0 radical (unpaired) electrons. The summed E-state index contributed by atoms with van der Waals surface area (Å²) in [5, 5.41) is 3.09. The molecule has 0 saturated heterocycles. The number of aryl methyl sites for hydroxylation is 1. The van der Waals surface area contributed by atoms with Crippen molar-refractivity contribution in [3.63, 3.8) is 0 Å². The maximum Gasteiger partial charge on any atom is 0.329 e. The smallest absolute Gasteiger partial charge is 0.329 e. The number of amides is 2. The number of para-hydroxylation sites is 3. The summed E-state index contributed by atoms with van der Waals surface area (Å²) in [7, 11) is 3.18. The van der Waals surface area contributed by atoms with Gasteiger partial charge in [0.1, 0.15) is 6.54 Å². The Morgan fingerprint density at radius 3 is 2.41 bits per heavy atom. The molecular weight excluding hydrogens is 368 g/mol. The SMILES string of the molecule is CN(CC(=O)Nc1ccccc1Cl)C(=O)Cn1c(=O)n(C)c2ccccc21. The van der Waals surface area contributed by atoms with Crippen molar-refractivity contribution in [2.75, 3.05) is 18.9 Å². The summed E-state index contributed by atoms with van der Waals surface area (Å²) in [6.45, 7) is -0.292. The first-order valence-electron chi connectivity index (χ1n) is 8.31. The Morgan fingerprint density at radius 1 is 1.07 bits per heavy atom. The monoisotopic (exact) mass is 386 g/mol. The van der Waals surface area contributed by atoms with Gasteiger partial charge in [-0.1, -0.05) is 35.9 Å². The van der Waals surface area contributed by atoms with Crippen molar-refractivity contribution >= 4 is 40.1 Å². The number of aromatic nitrogens is 2. The first-order valence-corrected chi connectivity index (χ1v) is 8.69. The number of imidazole rings is 1. The standard InChI is InChI=1S/C19H19ClN4O3/c1-22(11-17(25)21-14-8-4-3-7-13(14)20)18(26)12-24-16-10-6-5-9-15(16)23(2)19(24)27/h3-10H,11-12H2,1-2H3,(H,21,25). The van der Waals surface area contributed by atoms with Crippen molar-refractivity contribution in [1.29, 1.82) is 0 Å². The minimum Gasteiger partial charge on any atom is -0.335 e. The molecule has 1 heterocycles. The summed E-state index contributed by atoms with van der Waals surface area (Å²) in [5.74, 6) is -0.716. The topological polar surface area (TPSA) is 76.3 Å². The van der Waals surface area contributed by atoms with E-state index in [9.17, 15) is 14.4 Å². The molecule has 140 valence electrons. The highest BCUT2D eigenvalue weighted by molar-refractivity contribution is 6.33. The highest BCUT2D eigenvalue weighted by Gasteiger charge is 2.18. The predicted molar refractivity (Wildman–Crippen MR) is 105 cm³/mol. The van der Waals surface area contributed by atoms with E-state index in [0.29, 0.717) is 16.2 Å². The Bertz CT molecular complexity index is 1070. The predicted octanol–water partition coefficient (Wildman–Crippen LogP) is 2.09. The number of fused-ring (bicyclic) bond motifs is 1. The molecule has 3 aromatic rings. The molecule has 0 aliphatic heterocycles. The molecule has 7 nitrogen and oxygen atoms in total. The lowest BCUT2D eigenvalue weighted by Crippen LogP contribution is -2.38. The third-order valence-electron chi connectivity index (χ3n) is 4.30. The van der Waals surface area contributed by atoms with Crippen molar-refractivity contribution in [1.82, 2.24) is 14.0 Å². The molecule has 27 heavy (non-hydrogen) atoms. The fraction of sp³-hybridized carbons (Fsp3) is 0.211. The minimum atomic E-state index is -0.371. The second-order valence-corrected chi connectivity index (χ2v) is 6.60. The molecule has 0 spiro atoms. The quantitative estimate of drug-likeness (QED) is 0.729. The Hall–Kier alpha value is -3.06. The van der Waals surface area contributed by atoms with Gasteiger partial charge in [-0.15, -0.1) is 0 Å². The largest absolute Gasteiger partial charge is 0.335 e. The Labute approximate surface area is 160 Å². The van der Waals surface area contributed by atoms with Crippen LogP contribution in [0.4, 0.5) is 5.69 Å². The molecule has 0 saturated carbocycles. The van der Waals surface area contributed by atoms with Crippen molar-refractivity contribution in [3.05, 3.63) is 64.0 Å². The average Bonchev–Trinajstić information content (AvgIpc) is 2.89. The van der Waals surface area contributed by atoms with Crippen molar-refractivity contribution in [2.45, 2.75) is 6.54 Å². The third kappa shape index (κ3) is 3.88. The van der Waals surface area contributed by atoms with Crippen LogP contribution in [-0.2, 0) is 23.2 Å². The zero-order chi connectivity index (χ0) is 19.6. The van der Waals surface area contributed by atoms with Gasteiger partial charge < -0.3 is 10.2 Å². The molecule has 2 aromatic carbocycles. The number of likely N-dealkylation sites (N-methyl/N-ethyl adjacent to an activating group) is 1. The molecule has 0 aliphatic carbocycles. The fourth-order valence-corrected chi connectivity index (χ4v) is 3.01. The van der Waals surface area contributed by atoms with E-state index >= 15 is 0 Å². The number of carbonyl (C=O) groups excluding carboxylic acids is 2. The normalized spacial score (nSPS) is 10.8. The number of anilines is 1. The zero-order valence-electron chi connectivity index (χ0n) is 15.0. The third-order valence-corrected chi connectivity index (χ3v) is 4.63. The molecule has 1 N–H and O–H groups in total. The van der Waals surface area contributed by atoms with Crippen LogP contribution in [0.2, 0.25) is 5.02 Å². The Kier molecular flexibility index (Phi) is 5.32. The van der Waals surface area contributed by atoms with E-state index < -0.39 is 0 Å². The zero-order valence-corrected chi connectivity index (χ0v) is 15.7. The van der Waals surface area contributed by atoms with Gasteiger partial charge in [0.15, 0.2) is 0 Å². The van der Waals surface area contributed by atoms with Gasteiger partial charge in [-0.25, -0.2) is 4.79 Å². The molecular formula is C19H19ClN4O3. The number of hydrogen-bond donors (Lipinski definition) is 1. The summed E-state index contributed by atoms with van der Waals surface area (Å²) in [4.78, 5) is 38.4. The van der Waals surface area contributed by atoms with E-state index in [-0.39, 0.29) is 30.6 Å². The van der Waals surface area contributed by atoms with Gasteiger partial charge in [-0.05, 0) is 24.3 Å². The van der Waals surface area contributed by atoms with Crippen LogP contribution >= 0.6 is 11.6 Å². The molecule has 0 bridgehead atoms. The van der Waals surface area contributed by atoms with Crippen LogP contribution in [0.25, 0.3) is 11.0 Å². The van der Waals surface area contributed by atoms with E-state index in [1.54, 1.807) is 37.4 Å². The van der Waals surface area contributed by atoms with Crippen LogP contribution in [0.1, 0.15) is 0 Å². The summed E-state index contributed by atoms with van der Waals surface area (Å²) >= 11 is 6.01. The number of nitrogens with zero attached hydrogens (tertiary/aromatic N) is 3. The molecule has 8 heteroatoms. The number of halogens is 1. The first-order chi connectivity index (χ1) is 12.9. The van der Waals surface area contributed by atoms with Crippen molar-refractivity contribution in [2.24, 2.45) is 7.05 Å². The van der Waals surface area contributed by atoms with Crippen LogP contribution in [0.15, 0.2) is 53.3 Å². The second kappa shape index (κ2) is 7.67. The van der Waals surface area contributed by atoms with E-state index in [1.807, 2.05) is 18.2 Å². The van der Waals surface area contributed by atoms with Crippen molar-refractivity contribution < 1.29 is 9.59 Å². The highest BCUT2D eigenvalue weighted by Crippen LogP contribution is 2.20. The van der Waals surface area contributed by atoms with Crippen molar-refractivity contribution in [3.8, 4) is 0 Å². The lowest BCUT2D eigenvalue weighted by molar-refractivity contribution is -0.133. The maximum atomic E-state index is 12.5. The lowest BCUT2D eigenvalue weighted by Gasteiger charge is -2.17. The molecule has 1 aromatic heterocycles. The summed E-state index contributed by atoms with van der Waals surface area (Å²) in [5.41, 5.74) is 1.62. The minimum absolute atomic E-state index is 0.143. The van der Waals surface area contributed by atoms with Gasteiger partial charge >= 0.3 is 5.69 Å². The maximum absolute atomic E-state index is 12.5. The van der Waals surface area contributed by atoms with Gasteiger partial charge in [0.25, 0.3) is 0 Å². The molecule has 2 amide bonds. The first kappa shape index (κ1) is 18.7. The van der Waals surface area contributed by atoms with E-state index in [1.165, 1.54) is 21.1 Å². The van der Waals surface area contributed by atoms with Gasteiger partial charge in [0.2, 0.25) is 11.8 Å². The molecule has 0 unspecified atom stereocenters. The van der Waals surface area contributed by atoms with E-state index in [0.717, 1.165) is 5.52 Å². The van der Waals surface area contributed by atoms with Gasteiger partial charge in [0.05, 0.1) is 28.3 Å². The van der Waals surface area contributed by atoms with E-state index in [4.69, 9.17) is 11.6 Å². The summed E-state index contributed by atoms with van der Waals surface area (Å²) in [6, 6.07) is 14.1. The number of carbonyl (C=O) groups is 2. The Balaban J connectivity index is 1.70. The van der Waals surface area contributed by atoms with Crippen LogP contribution in [0, 0.1) is 0 Å². The van der Waals surface area contributed by atoms with Crippen LogP contribution in [0.5, 0.6) is 0 Å².